The Bertz CT molecular complexity index is 1140. The zero-order valence-corrected chi connectivity index (χ0v) is 17.5. The summed E-state index contributed by atoms with van der Waals surface area (Å²) in [5.74, 6) is 1.28. The summed E-state index contributed by atoms with van der Waals surface area (Å²) in [5.41, 5.74) is 0.802. The minimum Gasteiger partial charge on any atom is -0.403 e. The smallest absolute Gasteiger partial charge is 0.322 e. The van der Waals surface area contributed by atoms with Gasteiger partial charge in [0.25, 0.3) is 0 Å². The van der Waals surface area contributed by atoms with E-state index in [4.69, 9.17) is 4.42 Å². The Morgan fingerprint density at radius 3 is 2.77 bits per heavy atom. The number of benzene rings is 1. The van der Waals surface area contributed by atoms with Crippen molar-refractivity contribution in [1.82, 2.24) is 25.0 Å². The highest BCUT2D eigenvalue weighted by molar-refractivity contribution is 7.99. The van der Waals surface area contributed by atoms with Crippen molar-refractivity contribution in [2.24, 2.45) is 0 Å². The first kappa shape index (κ1) is 19.0. The zero-order valence-electron chi connectivity index (χ0n) is 15.9. The van der Waals surface area contributed by atoms with Gasteiger partial charge in [-0.2, -0.15) is 0 Å². The number of nitrogens with one attached hydrogen (secondary N) is 1. The summed E-state index contributed by atoms with van der Waals surface area (Å²) in [5, 5.41) is 22.1. The molecular formula is C20H18N6O2S2. The molecule has 0 saturated heterocycles. The molecule has 1 amide bonds. The summed E-state index contributed by atoms with van der Waals surface area (Å²) in [6.45, 7) is 0. The van der Waals surface area contributed by atoms with Gasteiger partial charge < -0.3 is 8.98 Å². The average Bonchev–Trinajstić information content (AvgIpc) is 3.15. The largest absolute Gasteiger partial charge is 0.403 e. The Labute approximate surface area is 180 Å². The van der Waals surface area contributed by atoms with Crippen molar-refractivity contribution in [3.8, 4) is 11.5 Å². The topological polar surface area (TPSA) is 98.7 Å². The molecule has 1 N–H and O–H groups in total. The van der Waals surface area contributed by atoms with Gasteiger partial charge >= 0.3 is 6.01 Å². The SMILES string of the molecule is O=C(CSc1nnc(Cc2cccs2)n1C1CC1)Nc1nnc(-c2ccccc2)o1. The lowest BCUT2D eigenvalue weighted by Crippen LogP contribution is -2.15. The van der Waals surface area contributed by atoms with Crippen molar-refractivity contribution in [3.63, 3.8) is 0 Å². The van der Waals surface area contributed by atoms with E-state index in [0.717, 1.165) is 35.8 Å². The first-order valence-electron chi connectivity index (χ1n) is 9.54. The fraction of sp³-hybridized carbons (Fsp3) is 0.250. The lowest BCUT2D eigenvalue weighted by atomic mass is 10.2. The summed E-state index contributed by atoms with van der Waals surface area (Å²) in [4.78, 5) is 13.6. The number of anilines is 1. The number of carbonyl (C=O) groups is 1. The highest BCUT2D eigenvalue weighted by Crippen LogP contribution is 2.39. The van der Waals surface area contributed by atoms with Crippen molar-refractivity contribution in [2.75, 3.05) is 11.1 Å². The van der Waals surface area contributed by atoms with E-state index in [9.17, 15) is 4.79 Å². The number of thioether (sulfide) groups is 1. The minimum atomic E-state index is -0.228. The van der Waals surface area contributed by atoms with Gasteiger partial charge in [-0.1, -0.05) is 41.1 Å². The van der Waals surface area contributed by atoms with Crippen LogP contribution >= 0.6 is 23.1 Å². The molecule has 30 heavy (non-hydrogen) atoms. The fourth-order valence-corrected chi connectivity index (χ4v) is 4.58. The first-order valence-corrected chi connectivity index (χ1v) is 11.4. The molecule has 1 aliphatic rings. The molecule has 0 spiro atoms. The van der Waals surface area contributed by atoms with E-state index in [2.05, 4.69) is 41.7 Å². The van der Waals surface area contributed by atoms with Gasteiger partial charge in [0.05, 0.1) is 5.75 Å². The number of aromatic nitrogens is 5. The third-order valence-electron chi connectivity index (χ3n) is 4.58. The van der Waals surface area contributed by atoms with Crippen LogP contribution in [0.25, 0.3) is 11.5 Å². The monoisotopic (exact) mass is 438 g/mol. The van der Waals surface area contributed by atoms with Crippen LogP contribution in [0.3, 0.4) is 0 Å². The number of rotatable bonds is 8. The van der Waals surface area contributed by atoms with Gasteiger partial charge in [-0.25, -0.2) is 0 Å². The van der Waals surface area contributed by atoms with E-state index in [1.165, 1.54) is 16.6 Å². The molecule has 1 fully saturated rings. The van der Waals surface area contributed by atoms with Crippen LogP contribution in [0.5, 0.6) is 0 Å². The Kier molecular flexibility index (Phi) is 5.33. The van der Waals surface area contributed by atoms with E-state index in [0.29, 0.717) is 11.9 Å². The maximum Gasteiger partial charge on any atom is 0.322 e. The third kappa shape index (κ3) is 4.29. The average molecular weight is 439 g/mol. The highest BCUT2D eigenvalue weighted by atomic mass is 32.2. The van der Waals surface area contributed by atoms with E-state index in [1.54, 1.807) is 11.3 Å². The zero-order chi connectivity index (χ0) is 20.3. The predicted molar refractivity (Wildman–Crippen MR) is 115 cm³/mol. The van der Waals surface area contributed by atoms with Crippen LogP contribution in [0.1, 0.15) is 29.6 Å². The minimum absolute atomic E-state index is 0.0847. The molecule has 0 atom stereocenters. The molecule has 1 saturated carbocycles. The van der Waals surface area contributed by atoms with Gasteiger partial charge in [-0.3, -0.25) is 10.1 Å². The number of thiophene rings is 1. The van der Waals surface area contributed by atoms with E-state index in [1.807, 2.05) is 36.4 Å². The van der Waals surface area contributed by atoms with E-state index >= 15 is 0 Å². The molecule has 0 bridgehead atoms. The highest BCUT2D eigenvalue weighted by Gasteiger charge is 2.30. The number of nitrogens with zero attached hydrogens (tertiary/aromatic N) is 5. The standard InChI is InChI=1S/C20H18N6O2S2/c27-17(21-19-24-23-18(28-19)13-5-2-1-3-6-13)12-30-20-25-22-16(26(20)14-8-9-14)11-15-7-4-10-29-15/h1-7,10,14H,8-9,11-12H2,(H,21,24,27). The fourth-order valence-electron chi connectivity index (χ4n) is 3.05. The molecule has 5 rings (SSSR count). The number of carbonyl (C=O) groups excluding carboxylic acids is 1. The molecule has 152 valence electrons. The summed E-state index contributed by atoms with van der Waals surface area (Å²) >= 11 is 3.08. The van der Waals surface area contributed by atoms with Crippen LogP contribution < -0.4 is 5.32 Å². The number of hydrogen-bond acceptors (Lipinski definition) is 8. The molecule has 1 aliphatic carbocycles. The van der Waals surface area contributed by atoms with Crippen molar-refractivity contribution in [3.05, 3.63) is 58.5 Å². The van der Waals surface area contributed by atoms with Gasteiger partial charge in [0, 0.05) is 22.9 Å². The van der Waals surface area contributed by atoms with Crippen LogP contribution in [0.4, 0.5) is 6.01 Å². The molecule has 10 heteroatoms. The lowest BCUT2D eigenvalue weighted by Gasteiger charge is -2.08. The molecule has 3 aromatic heterocycles. The molecular weight excluding hydrogens is 420 g/mol. The van der Waals surface area contributed by atoms with Crippen molar-refractivity contribution in [1.29, 1.82) is 0 Å². The Balaban J connectivity index is 1.22. The maximum atomic E-state index is 12.4. The lowest BCUT2D eigenvalue weighted by molar-refractivity contribution is -0.113. The molecule has 0 radical (unpaired) electrons. The summed E-state index contributed by atoms with van der Waals surface area (Å²) in [6, 6.07) is 14.1. The summed E-state index contributed by atoms with van der Waals surface area (Å²) in [7, 11) is 0. The summed E-state index contributed by atoms with van der Waals surface area (Å²) in [6.07, 6.45) is 3.01. The van der Waals surface area contributed by atoms with Crippen molar-refractivity contribution >= 4 is 35.0 Å². The van der Waals surface area contributed by atoms with Crippen LogP contribution in [0.2, 0.25) is 0 Å². The summed E-state index contributed by atoms with van der Waals surface area (Å²) < 4.78 is 7.71. The Morgan fingerprint density at radius 2 is 2.00 bits per heavy atom. The molecule has 0 unspecified atom stereocenters. The molecule has 1 aromatic carbocycles. The first-order chi connectivity index (χ1) is 14.8. The Hall–Kier alpha value is -2.98. The second kappa shape index (κ2) is 8.41. The third-order valence-corrected chi connectivity index (χ3v) is 6.40. The van der Waals surface area contributed by atoms with Crippen LogP contribution in [-0.4, -0.2) is 36.6 Å². The van der Waals surface area contributed by atoms with Crippen LogP contribution in [-0.2, 0) is 11.2 Å². The van der Waals surface area contributed by atoms with E-state index < -0.39 is 0 Å². The second-order valence-electron chi connectivity index (χ2n) is 6.87. The van der Waals surface area contributed by atoms with Gasteiger partial charge in [0.2, 0.25) is 11.8 Å². The number of amides is 1. The second-order valence-corrected chi connectivity index (χ2v) is 8.85. The Morgan fingerprint density at radius 1 is 1.13 bits per heavy atom. The van der Waals surface area contributed by atoms with Crippen molar-refractivity contribution in [2.45, 2.75) is 30.5 Å². The van der Waals surface area contributed by atoms with Gasteiger partial charge in [0.1, 0.15) is 5.82 Å². The van der Waals surface area contributed by atoms with Crippen LogP contribution in [0.15, 0.2) is 57.4 Å². The van der Waals surface area contributed by atoms with E-state index in [-0.39, 0.29) is 17.7 Å². The van der Waals surface area contributed by atoms with Gasteiger partial charge in [-0.05, 0) is 36.4 Å². The van der Waals surface area contributed by atoms with Gasteiger partial charge in [0.15, 0.2) is 5.16 Å². The number of hydrogen-bond donors (Lipinski definition) is 1. The predicted octanol–water partition coefficient (Wildman–Crippen LogP) is 4.05. The van der Waals surface area contributed by atoms with Crippen LogP contribution in [0, 0.1) is 0 Å². The normalized spacial score (nSPS) is 13.5. The molecule has 0 aliphatic heterocycles. The maximum absolute atomic E-state index is 12.4. The quantitative estimate of drug-likeness (QED) is 0.414. The molecule has 4 aromatic rings. The molecule has 3 heterocycles. The van der Waals surface area contributed by atoms with Gasteiger partial charge in [-0.15, -0.1) is 26.6 Å². The van der Waals surface area contributed by atoms with Crippen molar-refractivity contribution < 1.29 is 9.21 Å². The molecule has 8 nitrogen and oxygen atoms in total.